The minimum atomic E-state index is -2.97. The highest BCUT2D eigenvalue weighted by molar-refractivity contribution is 5.85. The van der Waals surface area contributed by atoms with Crippen molar-refractivity contribution in [2.45, 2.75) is 62.8 Å². The lowest BCUT2D eigenvalue weighted by Crippen LogP contribution is -2.59. The Bertz CT molecular complexity index is 997. The van der Waals surface area contributed by atoms with Gasteiger partial charge in [0, 0.05) is 38.0 Å². The Labute approximate surface area is 186 Å². The molecule has 3 N–H and O–H groups in total. The van der Waals surface area contributed by atoms with Crippen LogP contribution in [0.3, 0.4) is 0 Å². The van der Waals surface area contributed by atoms with Gasteiger partial charge in [-0.1, -0.05) is 37.8 Å². The minimum absolute atomic E-state index is 0.0117. The zero-order valence-corrected chi connectivity index (χ0v) is 18.3. The first-order valence-electron chi connectivity index (χ1n) is 11.3. The first-order valence-corrected chi connectivity index (χ1v) is 11.3. The third kappa shape index (κ3) is 4.33. The Morgan fingerprint density at radius 2 is 2.03 bits per heavy atom. The number of nitrogens with two attached hydrogens (primary N) is 1. The number of aromatic amines is 1. The number of carbonyl (C=O) groups is 1. The number of hydrogen-bond acceptors (Lipinski definition) is 4. The number of primary amides is 1. The van der Waals surface area contributed by atoms with E-state index in [2.05, 4.69) is 9.97 Å². The summed E-state index contributed by atoms with van der Waals surface area (Å²) in [5.41, 5.74) is 6.05. The molecule has 2 aromatic heterocycles. The number of nitrogens with one attached hydrogen (secondary N) is 1. The van der Waals surface area contributed by atoms with Crippen LogP contribution in [-0.4, -0.2) is 39.8 Å². The van der Waals surface area contributed by atoms with Crippen molar-refractivity contribution >= 4 is 5.91 Å². The summed E-state index contributed by atoms with van der Waals surface area (Å²) in [7, 11) is 0. The summed E-state index contributed by atoms with van der Waals surface area (Å²) < 4.78 is 29.6. The van der Waals surface area contributed by atoms with Crippen molar-refractivity contribution in [2.75, 3.05) is 13.1 Å². The monoisotopic (exact) mass is 444 g/mol. The maximum absolute atomic E-state index is 14.8. The molecule has 2 aromatic rings. The standard InChI is InChI=1S/C24H30F2N4O2/c1-23(22(27)32,20-8-6-17(13-28-20)12-16-4-2-3-5-16)30-11-10-24(25,26)19(15-30)18-7-9-21(31)29-14-18/h6-9,13-14,16,19H,2-5,10-12,15H2,1H3,(H2,27,32)(H,29,31)/t19-,23?/m1/s1. The third-order valence-electron chi connectivity index (χ3n) is 7.27. The van der Waals surface area contributed by atoms with Gasteiger partial charge in [-0.3, -0.25) is 19.5 Å². The second kappa shape index (κ2) is 8.73. The van der Waals surface area contributed by atoms with Crippen molar-refractivity contribution in [3.8, 4) is 0 Å². The van der Waals surface area contributed by atoms with Gasteiger partial charge in [-0.2, -0.15) is 0 Å². The molecule has 8 heteroatoms. The summed E-state index contributed by atoms with van der Waals surface area (Å²) in [6.45, 7) is 1.59. The number of amides is 1. The van der Waals surface area contributed by atoms with E-state index in [0.717, 1.165) is 12.0 Å². The van der Waals surface area contributed by atoms with Gasteiger partial charge in [0.1, 0.15) is 5.54 Å². The molecular weight excluding hydrogens is 414 g/mol. The van der Waals surface area contributed by atoms with Crippen molar-refractivity contribution in [1.82, 2.24) is 14.9 Å². The molecule has 1 unspecified atom stereocenters. The SMILES string of the molecule is CC(C(N)=O)(c1ccc(CC2CCCC2)cn1)N1CCC(F)(F)[C@@H](c2ccc(=O)[nH]c2)C1. The van der Waals surface area contributed by atoms with Gasteiger partial charge in [0.15, 0.2) is 0 Å². The van der Waals surface area contributed by atoms with Crippen LogP contribution in [0, 0.1) is 5.92 Å². The van der Waals surface area contributed by atoms with Gasteiger partial charge >= 0.3 is 0 Å². The number of nitrogens with zero attached hydrogens (tertiary/aromatic N) is 2. The van der Waals surface area contributed by atoms with Gasteiger partial charge in [0.2, 0.25) is 11.5 Å². The number of hydrogen-bond donors (Lipinski definition) is 2. The molecule has 0 radical (unpaired) electrons. The third-order valence-corrected chi connectivity index (χ3v) is 7.27. The van der Waals surface area contributed by atoms with E-state index >= 15 is 0 Å². The summed E-state index contributed by atoms with van der Waals surface area (Å²) in [6, 6.07) is 6.43. The molecule has 2 aliphatic rings. The first kappa shape index (κ1) is 22.6. The molecule has 1 aliphatic carbocycles. The van der Waals surface area contributed by atoms with E-state index in [4.69, 9.17) is 5.73 Å². The van der Waals surface area contributed by atoms with Crippen LogP contribution in [-0.2, 0) is 16.8 Å². The van der Waals surface area contributed by atoms with E-state index in [1.165, 1.54) is 44.0 Å². The molecule has 1 amide bonds. The number of piperidine rings is 1. The fraction of sp³-hybridized carbons (Fsp3) is 0.542. The van der Waals surface area contributed by atoms with Crippen molar-refractivity contribution in [3.05, 3.63) is 63.8 Å². The van der Waals surface area contributed by atoms with Crippen LogP contribution in [0.25, 0.3) is 0 Å². The predicted molar refractivity (Wildman–Crippen MR) is 117 cm³/mol. The predicted octanol–water partition coefficient (Wildman–Crippen LogP) is 3.33. The van der Waals surface area contributed by atoms with E-state index in [1.54, 1.807) is 24.1 Å². The summed E-state index contributed by atoms with van der Waals surface area (Å²) in [6.07, 6.45) is 8.65. The van der Waals surface area contributed by atoms with Crippen molar-refractivity contribution in [2.24, 2.45) is 11.7 Å². The summed E-state index contributed by atoms with van der Waals surface area (Å²) >= 11 is 0. The number of rotatable bonds is 6. The number of pyridine rings is 2. The number of likely N-dealkylation sites (tertiary alicyclic amines) is 1. The second-order valence-corrected chi connectivity index (χ2v) is 9.34. The van der Waals surface area contributed by atoms with Gasteiger partial charge in [-0.25, -0.2) is 8.78 Å². The normalized spacial score (nSPS) is 23.7. The summed E-state index contributed by atoms with van der Waals surface area (Å²) in [5, 5.41) is 0. The lowest BCUT2D eigenvalue weighted by Gasteiger charge is -2.46. The number of carbonyl (C=O) groups excluding carboxylic acids is 1. The van der Waals surface area contributed by atoms with Gasteiger partial charge in [-0.05, 0) is 36.5 Å². The van der Waals surface area contributed by atoms with E-state index in [9.17, 15) is 18.4 Å². The molecule has 1 aliphatic heterocycles. The Kier molecular flexibility index (Phi) is 6.16. The Balaban J connectivity index is 1.60. The maximum Gasteiger partial charge on any atom is 0.257 e. The highest BCUT2D eigenvalue weighted by atomic mass is 19.3. The molecule has 2 fully saturated rings. The zero-order chi connectivity index (χ0) is 22.9. The second-order valence-electron chi connectivity index (χ2n) is 9.34. The average molecular weight is 445 g/mol. The molecule has 1 saturated heterocycles. The Morgan fingerprint density at radius 1 is 1.28 bits per heavy atom. The fourth-order valence-electron chi connectivity index (χ4n) is 5.12. The highest BCUT2D eigenvalue weighted by Crippen LogP contribution is 2.43. The average Bonchev–Trinajstić information content (AvgIpc) is 3.27. The van der Waals surface area contributed by atoms with E-state index < -0.39 is 29.7 Å². The van der Waals surface area contributed by atoms with Crippen molar-refractivity contribution < 1.29 is 13.6 Å². The molecular formula is C24H30F2N4O2. The topological polar surface area (TPSA) is 92.1 Å². The van der Waals surface area contributed by atoms with Crippen LogP contribution in [0.5, 0.6) is 0 Å². The van der Waals surface area contributed by atoms with E-state index in [-0.39, 0.29) is 18.6 Å². The van der Waals surface area contributed by atoms with Crippen LogP contribution in [0.15, 0.2) is 41.5 Å². The minimum Gasteiger partial charge on any atom is -0.368 e. The van der Waals surface area contributed by atoms with Crippen LogP contribution < -0.4 is 11.3 Å². The molecule has 3 heterocycles. The number of aromatic nitrogens is 2. The Hall–Kier alpha value is -2.61. The lowest BCUT2D eigenvalue weighted by atomic mass is 9.83. The van der Waals surface area contributed by atoms with Gasteiger partial charge in [-0.15, -0.1) is 0 Å². The molecule has 4 rings (SSSR count). The molecule has 1 saturated carbocycles. The van der Waals surface area contributed by atoms with E-state index in [1.807, 2.05) is 6.07 Å². The highest BCUT2D eigenvalue weighted by Gasteiger charge is 2.51. The molecule has 2 atom stereocenters. The van der Waals surface area contributed by atoms with Gasteiger partial charge < -0.3 is 10.7 Å². The molecule has 6 nitrogen and oxygen atoms in total. The van der Waals surface area contributed by atoms with Gasteiger partial charge in [0.05, 0.1) is 11.6 Å². The molecule has 0 aromatic carbocycles. The van der Waals surface area contributed by atoms with Crippen LogP contribution in [0.2, 0.25) is 0 Å². The van der Waals surface area contributed by atoms with Crippen LogP contribution >= 0.6 is 0 Å². The maximum atomic E-state index is 14.8. The van der Waals surface area contributed by atoms with Crippen molar-refractivity contribution in [1.29, 1.82) is 0 Å². The van der Waals surface area contributed by atoms with Crippen LogP contribution in [0.1, 0.15) is 61.8 Å². The van der Waals surface area contributed by atoms with Crippen molar-refractivity contribution in [3.63, 3.8) is 0 Å². The Morgan fingerprint density at radius 3 is 2.62 bits per heavy atom. The fourth-order valence-corrected chi connectivity index (χ4v) is 5.12. The number of H-pyrrole nitrogens is 1. The molecule has 0 spiro atoms. The zero-order valence-electron chi connectivity index (χ0n) is 18.3. The quantitative estimate of drug-likeness (QED) is 0.715. The molecule has 32 heavy (non-hydrogen) atoms. The number of alkyl halides is 2. The molecule has 172 valence electrons. The summed E-state index contributed by atoms with van der Waals surface area (Å²) in [5.74, 6) is -4.09. The molecule has 0 bridgehead atoms. The first-order chi connectivity index (χ1) is 15.2. The smallest absolute Gasteiger partial charge is 0.257 e. The largest absolute Gasteiger partial charge is 0.368 e. The van der Waals surface area contributed by atoms with Gasteiger partial charge in [0.25, 0.3) is 5.92 Å². The lowest BCUT2D eigenvalue weighted by molar-refractivity contribution is -0.139. The number of halogens is 2. The van der Waals surface area contributed by atoms with E-state index in [0.29, 0.717) is 17.2 Å². The summed E-state index contributed by atoms with van der Waals surface area (Å²) in [4.78, 5) is 32.7. The van der Waals surface area contributed by atoms with Crippen LogP contribution in [0.4, 0.5) is 8.78 Å².